The van der Waals surface area contributed by atoms with E-state index in [4.69, 9.17) is 40.5 Å². The molecule has 20 heavy (non-hydrogen) atoms. The molecule has 0 saturated carbocycles. The highest BCUT2D eigenvalue weighted by atomic mass is 79.9. The summed E-state index contributed by atoms with van der Waals surface area (Å²) in [5.41, 5.74) is 6.53. The number of hydrogen-bond acceptors (Lipinski definition) is 2. The number of hydrogen-bond donors (Lipinski definition) is 2. The van der Waals surface area contributed by atoms with Crippen molar-refractivity contribution < 1.29 is 4.79 Å². The van der Waals surface area contributed by atoms with Gasteiger partial charge in [-0.25, -0.2) is 0 Å². The van der Waals surface area contributed by atoms with Gasteiger partial charge in [0, 0.05) is 10.2 Å². The fraction of sp³-hybridized carbons (Fsp3) is 0. The largest absolute Gasteiger partial charge is 0.398 e. The van der Waals surface area contributed by atoms with E-state index in [9.17, 15) is 4.79 Å². The summed E-state index contributed by atoms with van der Waals surface area (Å²) < 4.78 is 0.711. The van der Waals surface area contributed by atoms with Gasteiger partial charge < -0.3 is 11.1 Å². The Morgan fingerprint density at radius 3 is 2.25 bits per heavy atom. The smallest absolute Gasteiger partial charge is 0.259 e. The number of nitrogens with one attached hydrogen (secondary N) is 1. The second-order valence-corrected chi connectivity index (χ2v) is 6.04. The molecule has 2 aromatic carbocycles. The van der Waals surface area contributed by atoms with Crippen LogP contribution in [0.1, 0.15) is 10.4 Å². The van der Waals surface area contributed by atoms with E-state index in [1.165, 1.54) is 0 Å². The van der Waals surface area contributed by atoms with Crippen molar-refractivity contribution in [2.24, 2.45) is 0 Å². The van der Waals surface area contributed by atoms with Crippen LogP contribution < -0.4 is 11.1 Å². The monoisotopic (exact) mass is 392 g/mol. The zero-order valence-electron chi connectivity index (χ0n) is 9.88. The lowest BCUT2D eigenvalue weighted by molar-refractivity contribution is 0.102. The van der Waals surface area contributed by atoms with Gasteiger partial charge in [0.25, 0.3) is 5.91 Å². The van der Waals surface area contributed by atoms with Crippen molar-refractivity contribution in [3.8, 4) is 0 Å². The molecule has 0 bridgehead atoms. The lowest BCUT2D eigenvalue weighted by Gasteiger charge is -2.12. The normalized spacial score (nSPS) is 10.4. The fourth-order valence-corrected chi connectivity index (χ4v) is 3.19. The number of carbonyl (C=O) groups is 1. The first kappa shape index (κ1) is 15.4. The van der Waals surface area contributed by atoms with Crippen LogP contribution in [-0.2, 0) is 0 Å². The molecular weight excluding hydrogens is 386 g/mol. The molecule has 104 valence electrons. The lowest BCUT2D eigenvalue weighted by atomic mass is 10.1. The number of rotatable bonds is 2. The third kappa shape index (κ3) is 3.20. The van der Waals surface area contributed by atoms with Crippen molar-refractivity contribution in [2.45, 2.75) is 0 Å². The zero-order valence-corrected chi connectivity index (χ0v) is 13.7. The van der Waals surface area contributed by atoms with Crippen LogP contribution in [0.2, 0.25) is 15.1 Å². The Labute approximate surface area is 139 Å². The van der Waals surface area contributed by atoms with Gasteiger partial charge in [0.2, 0.25) is 0 Å². The molecule has 0 aromatic heterocycles. The number of benzene rings is 2. The van der Waals surface area contributed by atoms with Gasteiger partial charge in [-0.3, -0.25) is 4.79 Å². The van der Waals surface area contributed by atoms with E-state index >= 15 is 0 Å². The summed E-state index contributed by atoms with van der Waals surface area (Å²) in [4.78, 5) is 12.2. The Bertz CT molecular complexity index is 648. The highest BCUT2D eigenvalue weighted by molar-refractivity contribution is 9.10. The Morgan fingerprint density at radius 1 is 1.10 bits per heavy atom. The number of nitrogen functional groups attached to an aromatic ring is 1. The maximum absolute atomic E-state index is 12.2. The molecule has 7 heteroatoms. The summed E-state index contributed by atoms with van der Waals surface area (Å²) in [7, 11) is 0. The molecule has 0 aliphatic carbocycles. The molecule has 0 spiro atoms. The van der Waals surface area contributed by atoms with Crippen molar-refractivity contribution in [2.75, 3.05) is 11.1 Å². The molecule has 1 amide bonds. The molecule has 0 aliphatic heterocycles. The highest BCUT2D eigenvalue weighted by Gasteiger charge is 2.17. The van der Waals surface area contributed by atoms with Crippen molar-refractivity contribution in [1.82, 2.24) is 0 Å². The summed E-state index contributed by atoms with van der Waals surface area (Å²) in [5, 5.41) is 3.49. The van der Waals surface area contributed by atoms with Gasteiger partial charge in [0.15, 0.2) is 0 Å². The summed E-state index contributed by atoms with van der Waals surface area (Å²) in [6, 6.07) is 8.08. The molecule has 2 aromatic rings. The number of nitrogens with two attached hydrogens (primary N) is 1. The SMILES string of the molecule is Nc1cccc(Cl)c1C(=O)Nc1c(Cl)cc(Br)cc1Cl. The van der Waals surface area contributed by atoms with Crippen LogP contribution in [-0.4, -0.2) is 5.91 Å². The van der Waals surface area contributed by atoms with Gasteiger partial charge in [-0.05, 0) is 24.3 Å². The molecule has 0 saturated heterocycles. The van der Waals surface area contributed by atoms with E-state index in [0.717, 1.165) is 0 Å². The maximum atomic E-state index is 12.2. The molecule has 0 heterocycles. The van der Waals surface area contributed by atoms with Gasteiger partial charge >= 0.3 is 0 Å². The Kier molecular flexibility index (Phi) is 4.81. The lowest BCUT2D eigenvalue weighted by Crippen LogP contribution is -2.15. The molecule has 2 rings (SSSR count). The minimum absolute atomic E-state index is 0.184. The number of anilines is 2. The van der Waals surface area contributed by atoms with Gasteiger partial charge in [0.05, 0.1) is 26.3 Å². The quantitative estimate of drug-likeness (QED) is 0.684. The average molecular weight is 394 g/mol. The van der Waals surface area contributed by atoms with Gasteiger partial charge in [-0.1, -0.05) is 56.8 Å². The molecule has 3 N–H and O–H groups in total. The second kappa shape index (κ2) is 6.22. The summed E-state index contributed by atoms with van der Waals surface area (Å²) in [6.45, 7) is 0. The first-order valence-electron chi connectivity index (χ1n) is 5.40. The van der Waals surface area contributed by atoms with Crippen LogP contribution in [0, 0.1) is 0 Å². The van der Waals surface area contributed by atoms with Crippen LogP contribution in [0.3, 0.4) is 0 Å². The third-order valence-electron chi connectivity index (χ3n) is 2.52. The Morgan fingerprint density at radius 2 is 1.70 bits per heavy atom. The van der Waals surface area contributed by atoms with E-state index in [0.29, 0.717) is 20.2 Å². The molecule has 0 radical (unpaired) electrons. The van der Waals surface area contributed by atoms with Gasteiger partial charge in [0.1, 0.15) is 0 Å². The minimum atomic E-state index is -0.473. The maximum Gasteiger partial charge on any atom is 0.259 e. The highest BCUT2D eigenvalue weighted by Crippen LogP contribution is 2.34. The zero-order chi connectivity index (χ0) is 14.9. The third-order valence-corrected chi connectivity index (χ3v) is 3.89. The van der Waals surface area contributed by atoms with E-state index in [-0.39, 0.29) is 16.3 Å². The predicted octanol–water partition coefficient (Wildman–Crippen LogP) is 5.24. The molecule has 0 fully saturated rings. The molecule has 3 nitrogen and oxygen atoms in total. The molecular formula is C13H8BrCl3N2O. The van der Waals surface area contributed by atoms with Crippen molar-refractivity contribution in [3.05, 3.63) is 55.4 Å². The molecule has 0 atom stereocenters. The first-order valence-corrected chi connectivity index (χ1v) is 7.32. The fourth-order valence-electron chi connectivity index (χ4n) is 1.62. The molecule has 0 unspecified atom stereocenters. The standard InChI is InChI=1S/C13H8BrCl3N2O/c14-6-4-8(16)12(9(17)5-6)19-13(20)11-7(15)2-1-3-10(11)18/h1-5H,18H2,(H,19,20). The second-order valence-electron chi connectivity index (χ2n) is 3.90. The summed E-state index contributed by atoms with van der Waals surface area (Å²) in [6.07, 6.45) is 0. The van der Waals surface area contributed by atoms with Crippen LogP contribution in [0.15, 0.2) is 34.8 Å². The van der Waals surface area contributed by atoms with Gasteiger partial charge in [-0.2, -0.15) is 0 Å². The van der Waals surface area contributed by atoms with Crippen LogP contribution >= 0.6 is 50.7 Å². The van der Waals surface area contributed by atoms with Crippen molar-refractivity contribution in [3.63, 3.8) is 0 Å². The Hall–Kier alpha value is -0.940. The predicted molar refractivity (Wildman–Crippen MR) is 88.0 cm³/mol. The number of carbonyl (C=O) groups excluding carboxylic acids is 1. The minimum Gasteiger partial charge on any atom is -0.398 e. The van der Waals surface area contributed by atoms with Crippen LogP contribution in [0.4, 0.5) is 11.4 Å². The Balaban J connectivity index is 2.38. The average Bonchev–Trinajstić information content (AvgIpc) is 2.33. The van der Waals surface area contributed by atoms with E-state index in [2.05, 4.69) is 21.2 Å². The molecule has 0 aliphatic rings. The number of halogens is 4. The summed E-state index contributed by atoms with van der Waals surface area (Å²) >= 11 is 21.3. The van der Waals surface area contributed by atoms with Crippen molar-refractivity contribution >= 4 is 68.0 Å². The van der Waals surface area contributed by atoms with Crippen molar-refractivity contribution in [1.29, 1.82) is 0 Å². The summed E-state index contributed by atoms with van der Waals surface area (Å²) in [5.74, 6) is -0.473. The van der Waals surface area contributed by atoms with E-state index in [1.807, 2.05) is 0 Å². The van der Waals surface area contributed by atoms with Gasteiger partial charge in [-0.15, -0.1) is 0 Å². The number of amides is 1. The topological polar surface area (TPSA) is 55.1 Å². The van der Waals surface area contributed by atoms with E-state index < -0.39 is 5.91 Å². The van der Waals surface area contributed by atoms with Crippen LogP contribution in [0.25, 0.3) is 0 Å². The van der Waals surface area contributed by atoms with Crippen LogP contribution in [0.5, 0.6) is 0 Å². The first-order chi connectivity index (χ1) is 9.40. The van der Waals surface area contributed by atoms with E-state index in [1.54, 1.807) is 30.3 Å².